The summed E-state index contributed by atoms with van der Waals surface area (Å²) in [6.07, 6.45) is 5.36. The number of allylic oxidation sites excluding steroid dienone is 2. The molecule has 0 fully saturated rings. The minimum Gasteiger partial charge on any atom is -0.482 e. The molecule has 1 N–H and O–H groups in total. The second-order valence-corrected chi connectivity index (χ2v) is 8.54. The predicted octanol–water partition coefficient (Wildman–Crippen LogP) is 5.68. The maximum atomic E-state index is 10.9. The maximum absolute atomic E-state index is 10.9. The van der Waals surface area contributed by atoms with Crippen LogP contribution in [0.4, 0.5) is 0 Å². The van der Waals surface area contributed by atoms with Crippen LogP contribution in [-0.2, 0) is 17.6 Å². The third-order valence-electron chi connectivity index (χ3n) is 6.23. The van der Waals surface area contributed by atoms with Crippen molar-refractivity contribution in [2.75, 3.05) is 6.61 Å². The average Bonchev–Trinajstić information content (AvgIpc) is 3.36. The van der Waals surface area contributed by atoms with E-state index in [1.807, 2.05) is 48.5 Å². The van der Waals surface area contributed by atoms with E-state index in [0.29, 0.717) is 23.9 Å². The third-order valence-corrected chi connectivity index (χ3v) is 6.23. The Morgan fingerprint density at radius 1 is 0.943 bits per heavy atom. The topological polar surface area (TPSA) is 85.5 Å². The summed E-state index contributed by atoms with van der Waals surface area (Å²) in [5.41, 5.74) is 5.57. The highest BCUT2D eigenvalue weighted by molar-refractivity contribution is 5.73. The number of aliphatic carboxylic acids is 1. The number of aromatic nitrogens is 2. The average molecular weight is 467 g/mol. The Morgan fingerprint density at radius 2 is 1.66 bits per heavy atom. The van der Waals surface area contributed by atoms with Crippen LogP contribution < -0.4 is 4.74 Å². The molecule has 1 aliphatic rings. The first-order chi connectivity index (χ1) is 17.2. The monoisotopic (exact) mass is 466 g/mol. The SMILES string of the molecule is O=C(O)COc1cccc2c1CCC=C2CCc1noc(C(c2ccccc2)c2ccccc2)n1. The fourth-order valence-corrected chi connectivity index (χ4v) is 4.64. The lowest BCUT2D eigenvalue weighted by Gasteiger charge is -2.20. The highest BCUT2D eigenvalue weighted by Gasteiger charge is 2.23. The van der Waals surface area contributed by atoms with Crippen molar-refractivity contribution in [3.63, 3.8) is 0 Å². The van der Waals surface area contributed by atoms with Crippen LogP contribution in [0.2, 0.25) is 0 Å². The minimum absolute atomic E-state index is 0.123. The molecule has 0 aliphatic heterocycles. The Morgan fingerprint density at radius 3 is 2.34 bits per heavy atom. The van der Waals surface area contributed by atoms with Crippen LogP contribution in [0.1, 0.15) is 52.7 Å². The van der Waals surface area contributed by atoms with Crippen molar-refractivity contribution >= 4 is 11.5 Å². The van der Waals surface area contributed by atoms with Gasteiger partial charge in [-0.2, -0.15) is 4.98 Å². The highest BCUT2D eigenvalue weighted by atomic mass is 16.5. The van der Waals surface area contributed by atoms with Crippen LogP contribution >= 0.6 is 0 Å². The summed E-state index contributed by atoms with van der Waals surface area (Å²) in [6.45, 7) is -0.342. The molecule has 1 heterocycles. The predicted molar refractivity (Wildman–Crippen MR) is 132 cm³/mol. The van der Waals surface area contributed by atoms with Gasteiger partial charge in [-0.05, 0) is 47.6 Å². The van der Waals surface area contributed by atoms with Gasteiger partial charge < -0.3 is 14.4 Å². The molecular formula is C29H26N2O4. The number of carbonyl (C=O) groups is 1. The van der Waals surface area contributed by atoms with Crippen molar-refractivity contribution in [2.24, 2.45) is 0 Å². The smallest absolute Gasteiger partial charge is 0.341 e. The number of hydrogen-bond donors (Lipinski definition) is 1. The first-order valence-corrected chi connectivity index (χ1v) is 11.8. The summed E-state index contributed by atoms with van der Waals surface area (Å²) in [4.78, 5) is 15.7. The molecule has 5 rings (SSSR count). The van der Waals surface area contributed by atoms with Gasteiger partial charge in [0, 0.05) is 12.0 Å². The Kier molecular flexibility index (Phi) is 6.70. The van der Waals surface area contributed by atoms with Crippen LogP contribution in [0, 0.1) is 0 Å². The Labute approximate surface area is 203 Å². The molecule has 6 heteroatoms. The number of rotatable bonds is 9. The van der Waals surface area contributed by atoms with Gasteiger partial charge in [-0.25, -0.2) is 4.79 Å². The molecule has 6 nitrogen and oxygen atoms in total. The van der Waals surface area contributed by atoms with E-state index in [-0.39, 0.29) is 12.5 Å². The quantitative estimate of drug-likeness (QED) is 0.342. The van der Waals surface area contributed by atoms with Gasteiger partial charge >= 0.3 is 5.97 Å². The molecule has 176 valence electrons. The van der Waals surface area contributed by atoms with Crippen LogP contribution in [0.5, 0.6) is 5.75 Å². The van der Waals surface area contributed by atoms with Crippen LogP contribution in [0.3, 0.4) is 0 Å². The molecule has 0 atom stereocenters. The Balaban J connectivity index is 1.34. The number of carboxylic acid groups (broad SMARTS) is 1. The van der Waals surface area contributed by atoms with Crippen molar-refractivity contribution in [1.29, 1.82) is 0 Å². The molecule has 0 unspecified atom stereocenters. The van der Waals surface area contributed by atoms with Crippen molar-refractivity contribution in [3.8, 4) is 5.75 Å². The molecule has 1 aromatic heterocycles. The second-order valence-electron chi connectivity index (χ2n) is 8.54. The van der Waals surface area contributed by atoms with Gasteiger partial charge in [0.2, 0.25) is 5.89 Å². The highest BCUT2D eigenvalue weighted by Crippen LogP contribution is 2.35. The molecule has 0 radical (unpaired) electrons. The fourth-order valence-electron chi connectivity index (χ4n) is 4.64. The summed E-state index contributed by atoms with van der Waals surface area (Å²) in [7, 11) is 0. The second kappa shape index (κ2) is 10.4. The summed E-state index contributed by atoms with van der Waals surface area (Å²) in [6, 6.07) is 26.2. The van der Waals surface area contributed by atoms with E-state index in [1.165, 1.54) is 5.57 Å². The molecule has 4 aromatic rings. The molecule has 35 heavy (non-hydrogen) atoms. The van der Waals surface area contributed by atoms with E-state index in [2.05, 4.69) is 41.6 Å². The lowest BCUT2D eigenvalue weighted by atomic mass is 9.88. The van der Waals surface area contributed by atoms with Gasteiger partial charge in [0.05, 0.1) is 5.92 Å². The van der Waals surface area contributed by atoms with E-state index in [1.54, 1.807) is 0 Å². The lowest BCUT2D eigenvalue weighted by Crippen LogP contribution is -2.12. The van der Waals surface area contributed by atoms with Crippen molar-refractivity contribution in [3.05, 3.63) is 119 Å². The van der Waals surface area contributed by atoms with E-state index >= 15 is 0 Å². The molecule has 1 aliphatic carbocycles. The molecule has 0 saturated heterocycles. The van der Waals surface area contributed by atoms with Gasteiger partial charge in [-0.3, -0.25) is 0 Å². The van der Waals surface area contributed by atoms with E-state index in [0.717, 1.165) is 41.5 Å². The normalized spacial score (nSPS) is 12.8. The standard InChI is InChI=1S/C29H26N2O4/c32-27(33)19-34-25-16-8-14-23-20(13-7-15-24(23)25)17-18-26-30-29(35-31-26)28(21-9-3-1-4-10-21)22-11-5-2-6-12-22/h1-6,8-14,16,28H,7,15,17-19H2,(H,32,33). The van der Waals surface area contributed by atoms with Crippen molar-refractivity contribution in [2.45, 2.75) is 31.6 Å². The van der Waals surface area contributed by atoms with Gasteiger partial charge in [-0.15, -0.1) is 0 Å². The molecule has 0 amide bonds. The largest absolute Gasteiger partial charge is 0.482 e. The van der Waals surface area contributed by atoms with Crippen LogP contribution in [0.15, 0.2) is 89.5 Å². The van der Waals surface area contributed by atoms with Crippen molar-refractivity contribution < 1.29 is 19.2 Å². The zero-order valence-corrected chi connectivity index (χ0v) is 19.3. The minimum atomic E-state index is -0.980. The van der Waals surface area contributed by atoms with Gasteiger partial charge in [0.15, 0.2) is 12.4 Å². The number of fused-ring (bicyclic) bond motifs is 1. The summed E-state index contributed by atoms with van der Waals surface area (Å²) in [5.74, 6) is 0.794. The summed E-state index contributed by atoms with van der Waals surface area (Å²) in [5, 5.41) is 13.3. The lowest BCUT2D eigenvalue weighted by molar-refractivity contribution is -0.139. The number of carboxylic acids is 1. The van der Waals surface area contributed by atoms with E-state index in [4.69, 9.17) is 19.4 Å². The summed E-state index contributed by atoms with van der Waals surface area (Å²) < 4.78 is 11.3. The van der Waals surface area contributed by atoms with E-state index < -0.39 is 5.97 Å². The molecule has 0 bridgehead atoms. The number of aryl methyl sites for hydroxylation is 1. The number of benzene rings is 3. The number of hydrogen-bond acceptors (Lipinski definition) is 5. The van der Waals surface area contributed by atoms with Gasteiger partial charge in [-0.1, -0.05) is 84.0 Å². The van der Waals surface area contributed by atoms with E-state index in [9.17, 15) is 4.79 Å². The molecule has 3 aromatic carbocycles. The number of ether oxygens (including phenoxy) is 1. The Hall–Kier alpha value is -4.19. The van der Waals surface area contributed by atoms with Gasteiger partial charge in [0.1, 0.15) is 5.75 Å². The maximum Gasteiger partial charge on any atom is 0.341 e. The summed E-state index contributed by atoms with van der Waals surface area (Å²) >= 11 is 0. The first-order valence-electron chi connectivity index (χ1n) is 11.8. The van der Waals surface area contributed by atoms with Crippen LogP contribution in [0.25, 0.3) is 5.57 Å². The first kappa shape index (κ1) is 22.6. The molecular weight excluding hydrogens is 440 g/mol. The molecule has 0 spiro atoms. The molecule has 0 saturated carbocycles. The zero-order chi connectivity index (χ0) is 24.0. The number of nitrogens with zero attached hydrogens (tertiary/aromatic N) is 2. The fraction of sp³-hybridized carbons (Fsp3) is 0.207. The van der Waals surface area contributed by atoms with Crippen LogP contribution in [-0.4, -0.2) is 27.8 Å². The van der Waals surface area contributed by atoms with Gasteiger partial charge in [0.25, 0.3) is 0 Å². The third kappa shape index (κ3) is 5.17. The van der Waals surface area contributed by atoms with Crippen molar-refractivity contribution in [1.82, 2.24) is 10.1 Å². The zero-order valence-electron chi connectivity index (χ0n) is 19.3. The Bertz CT molecular complexity index is 1290.